The Morgan fingerprint density at radius 1 is 1.00 bits per heavy atom. The van der Waals surface area contributed by atoms with E-state index in [0.717, 1.165) is 42.0 Å². The molecule has 0 N–H and O–H groups in total. The molecule has 1 aromatic heterocycles. The highest BCUT2D eigenvalue weighted by molar-refractivity contribution is 5.94. The maximum absolute atomic E-state index is 13.1. The van der Waals surface area contributed by atoms with Gasteiger partial charge in [0.15, 0.2) is 0 Å². The molecule has 0 saturated carbocycles. The topological polar surface area (TPSA) is 36.4 Å². The number of benzene rings is 2. The SMILES string of the molecule is CN(c1ccccc1)c1ncccc1[C@H]1CCCN1C(=O)c1ccccc1. The number of rotatable bonds is 4. The molecule has 2 aromatic carbocycles. The van der Waals surface area contributed by atoms with Gasteiger partial charge in [0.2, 0.25) is 0 Å². The lowest BCUT2D eigenvalue weighted by Crippen LogP contribution is -2.31. The van der Waals surface area contributed by atoms with Crippen molar-refractivity contribution in [1.82, 2.24) is 9.88 Å². The van der Waals surface area contributed by atoms with Gasteiger partial charge >= 0.3 is 0 Å². The van der Waals surface area contributed by atoms with Gasteiger partial charge in [-0.2, -0.15) is 0 Å². The van der Waals surface area contributed by atoms with Gasteiger partial charge in [0.25, 0.3) is 5.91 Å². The van der Waals surface area contributed by atoms with Crippen LogP contribution in [0, 0.1) is 0 Å². The second-order valence-corrected chi connectivity index (χ2v) is 6.83. The Bertz CT molecular complexity index is 911. The number of carbonyl (C=O) groups excluding carboxylic acids is 1. The lowest BCUT2D eigenvalue weighted by molar-refractivity contribution is 0.0736. The quantitative estimate of drug-likeness (QED) is 0.671. The fourth-order valence-corrected chi connectivity index (χ4v) is 3.80. The summed E-state index contributed by atoms with van der Waals surface area (Å²) in [5.74, 6) is 0.997. The second kappa shape index (κ2) is 7.62. The number of hydrogen-bond donors (Lipinski definition) is 0. The third-order valence-electron chi connectivity index (χ3n) is 5.17. The molecule has 0 radical (unpaired) electrons. The predicted octanol–water partition coefficient (Wildman–Crippen LogP) is 4.83. The summed E-state index contributed by atoms with van der Waals surface area (Å²) in [5.41, 5.74) is 2.92. The molecule has 136 valence electrons. The molecule has 0 bridgehead atoms. The van der Waals surface area contributed by atoms with Crippen LogP contribution < -0.4 is 4.90 Å². The number of likely N-dealkylation sites (tertiary alicyclic amines) is 1. The van der Waals surface area contributed by atoms with Gasteiger partial charge in [-0.3, -0.25) is 4.79 Å². The zero-order valence-electron chi connectivity index (χ0n) is 15.5. The van der Waals surface area contributed by atoms with Crippen LogP contribution in [0.4, 0.5) is 11.5 Å². The Morgan fingerprint density at radius 3 is 2.44 bits per heavy atom. The number of carbonyl (C=O) groups is 1. The van der Waals surface area contributed by atoms with E-state index in [1.807, 2.05) is 72.7 Å². The summed E-state index contributed by atoms with van der Waals surface area (Å²) in [6, 6.07) is 23.8. The molecule has 4 nitrogen and oxygen atoms in total. The molecule has 1 atom stereocenters. The minimum atomic E-state index is 0.0487. The highest BCUT2D eigenvalue weighted by atomic mass is 16.2. The number of para-hydroxylation sites is 1. The summed E-state index contributed by atoms with van der Waals surface area (Å²) in [5, 5.41) is 0. The van der Waals surface area contributed by atoms with Gasteiger partial charge in [-0.25, -0.2) is 4.98 Å². The van der Waals surface area contributed by atoms with Crippen molar-refractivity contribution in [2.75, 3.05) is 18.5 Å². The van der Waals surface area contributed by atoms with Gasteiger partial charge in [-0.15, -0.1) is 0 Å². The first kappa shape index (κ1) is 17.3. The van der Waals surface area contributed by atoms with Crippen molar-refractivity contribution in [3.8, 4) is 0 Å². The molecule has 0 spiro atoms. The summed E-state index contributed by atoms with van der Waals surface area (Å²) in [6.45, 7) is 0.780. The Labute approximate surface area is 160 Å². The first-order valence-corrected chi connectivity index (χ1v) is 9.35. The van der Waals surface area contributed by atoms with Crippen LogP contribution in [-0.4, -0.2) is 29.4 Å². The van der Waals surface area contributed by atoms with Crippen LogP contribution in [0.3, 0.4) is 0 Å². The molecule has 1 aliphatic heterocycles. The molecule has 0 aliphatic carbocycles. The second-order valence-electron chi connectivity index (χ2n) is 6.83. The van der Waals surface area contributed by atoms with E-state index in [9.17, 15) is 4.79 Å². The zero-order valence-corrected chi connectivity index (χ0v) is 15.5. The van der Waals surface area contributed by atoms with Crippen molar-refractivity contribution in [1.29, 1.82) is 0 Å². The molecule has 3 aromatic rings. The molecule has 4 heteroatoms. The van der Waals surface area contributed by atoms with Crippen molar-refractivity contribution in [3.63, 3.8) is 0 Å². The molecule has 2 heterocycles. The molecular weight excluding hydrogens is 334 g/mol. The Hall–Kier alpha value is -3.14. The van der Waals surface area contributed by atoms with Crippen LogP contribution in [0.2, 0.25) is 0 Å². The van der Waals surface area contributed by atoms with E-state index >= 15 is 0 Å². The molecule has 1 saturated heterocycles. The van der Waals surface area contributed by atoms with Gasteiger partial charge in [-0.1, -0.05) is 42.5 Å². The average molecular weight is 357 g/mol. The van der Waals surface area contributed by atoms with Crippen molar-refractivity contribution in [2.24, 2.45) is 0 Å². The molecule has 27 heavy (non-hydrogen) atoms. The number of hydrogen-bond acceptors (Lipinski definition) is 3. The first-order valence-electron chi connectivity index (χ1n) is 9.35. The minimum Gasteiger partial charge on any atom is -0.331 e. The van der Waals surface area contributed by atoms with Crippen LogP contribution in [0.25, 0.3) is 0 Å². The van der Waals surface area contributed by atoms with Gasteiger partial charge in [0, 0.05) is 36.6 Å². The molecule has 1 amide bonds. The maximum Gasteiger partial charge on any atom is 0.254 e. The summed E-state index contributed by atoms with van der Waals surface area (Å²) < 4.78 is 0. The van der Waals surface area contributed by atoms with E-state index in [0.29, 0.717) is 0 Å². The lowest BCUT2D eigenvalue weighted by atomic mass is 10.0. The van der Waals surface area contributed by atoms with Crippen LogP contribution in [-0.2, 0) is 0 Å². The monoisotopic (exact) mass is 357 g/mol. The maximum atomic E-state index is 13.1. The lowest BCUT2D eigenvalue weighted by Gasteiger charge is -2.29. The zero-order chi connectivity index (χ0) is 18.6. The first-order chi connectivity index (χ1) is 13.3. The summed E-state index contributed by atoms with van der Waals surface area (Å²) in [4.78, 5) is 21.8. The normalized spacial score (nSPS) is 16.3. The van der Waals surface area contributed by atoms with Gasteiger partial charge in [0.05, 0.1) is 6.04 Å². The van der Waals surface area contributed by atoms with Gasteiger partial charge in [0.1, 0.15) is 5.82 Å². The van der Waals surface area contributed by atoms with E-state index < -0.39 is 0 Å². The number of nitrogens with zero attached hydrogens (tertiary/aromatic N) is 3. The Morgan fingerprint density at radius 2 is 1.70 bits per heavy atom. The average Bonchev–Trinajstić information content (AvgIpc) is 3.23. The van der Waals surface area contributed by atoms with Gasteiger partial charge < -0.3 is 9.80 Å². The molecule has 1 fully saturated rings. The largest absolute Gasteiger partial charge is 0.331 e. The smallest absolute Gasteiger partial charge is 0.254 e. The van der Waals surface area contributed by atoms with E-state index in [1.165, 1.54) is 0 Å². The van der Waals surface area contributed by atoms with Crippen molar-refractivity contribution < 1.29 is 4.79 Å². The van der Waals surface area contributed by atoms with Crippen LogP contribution in [0.1, 0.15) is 34.8 Å². The van der Waals surface area contributed by atoms with E-state index in [-0.39, 0.29) is 11.9 Å². The summed E-state index contributed by atoms with van der Waals surface area (Å²) >= 11 is 0. The fourth-order valence-electron chi connectivity index (χ4n) is 3.80. The van der Waals surface area contributed by atoms with Crippen LogP contribution in [0.5, 0.6) is 0 Å². The number of pyridine rings is 1. The number of anilines is 2. The Balaban J connectivity index is 1.68. The standard InChI is InChI=1S/C23H23N3O/c1-25(19-12-6-3-7-13-19)22-20(14-8-16-24-22)21-15-9-17-26(21)23(27)18-10-4-2-5-11-18/h2-8,10-14,16,21H,9,15,17H2,1H3/t21-/m1/s1. The molecular formula is C23H23N3O. The van der Waals surface area contributed by atoms with Gasteiger partial charge in [-0.05, 0) is 43.2 Å². The van der Waals surface area contributed by atoms with E-state index in [4.69, 9.17) is 0 Å². The third-order valence-corrected chi connectivity index (χ3v) is 5.17. The fraction of sp³-hybridized carbons (Fsp3) is 0.217. The highest BCUT2D eigenvalue weighted by Crippen LogP contribution is 2.38. The van der Waals surface area contributed by atoms with Crippen molar-refractivity contribution in [3.05, 3.63) is 90.1 Å². The molecule has 4 rings (SSSR count). The van der Waals surface area contributed by atoms with Crippen LogP contribution >= 0.6 is 0 Å². The van der Waals surface area contributed by atoms with Crippen LogP contribution in [0.15, 0.2) is 79.0 Å². The minimum absolute atomic E-state index is 0.0487. The third kappa shape index (κ3) is 3.43. The van der Waals surface area contributed by atoms with E-state index in [2.05, 4.69) is 28.1 Å². The number of amides is 1. The summed E-state index contributed by atoms with van der Waals surface area (Å²) in [6.07, 6.45) is 3.78. The van der Waals surface area contributed by atoms with Crippen molar-refractivity contribution >= 4 is 17.4 Å². The highest BCUT2D eigenvalue weighted by Gasteiger charge is 2.33. The van der Waals surface area contributed by atoms with E-state index in [1.54, 1.807) is 0 Å². The molecule has 1 aliphatic rings. The molecule has 0 unspecified atom stereocenters. The Kier molecular flexibility index (Phi) is 4.88. The van der Waals surface area contributed by atoms with Crippen molar-refractivity contribution in [2.45, 2.75) is 18.9 Å². The number of aromatic nitrogens is 1. The summed E-state index contributed by atoms with van der Waals surface area (Å²) in [7, 11) is 2.03. The predicted molar refractivity (Wildman–Crippen MR) is 108 cm³/mol.